The molecule has 1 aliphatic carbocycles. The monoisotopic (exact) mass is 562 g/mol. The van der Waals surface area contributed by atoms with Gasteiger partial charge in [-0.1, -0.05) is 94.7 Å². The molecule has 0 amide bonds. The summed E-state index contributed by atoms with van der Waals surface area (Å²) < 4.78 is 2.43. The van der Waals surface area contributed by atoms with Crippen molar-refractivity contribution in [2.24, 2.45) is 4.99 Å². The first-order valence-electron chi connectivity index (χ1n) is 12.0. The quantitative estimate of drug-likeness (QED) is 0.255. The lowest BCUT2D eigenvalue weighted by Crippen LogP contribution is -2.39. The van der Waals surface area contributed by atoms with Crippen molar-refractivity contribution >= 4 is 58.3 Å². The van der Waals surface area contributed by atoms with Gasteiger partial charge in [0.25, 0.3) is 5.56 Å². The molecule has 1 aliphatic heterocycles. The number of benzene rings is 3. The molecule has 0 bridgehead atoms. The summed E-state index contributed by atoms with van der Waals surface area (Å²) in [7, 11) is 0. The molecule has 0 spiro atoms. The molecule has 0 radical (unpaired) electrons. The predicted octanol–water partition coefficient (Wildman–Crippen LogP) is 7.44. The zero-order valence-electron chi connectivity index (χ0n) is 19.6. The van der Waals surface area contributed by atoms with Crippen LogP contribution in [0.4, 0.5) is 0 Å². The van der Waals surface area contributed by atoms with Crippen LogP contribution in [0.2, 0.25) is 15.1 Å². The zero-order chi connectivity index (χ0) is 25.5. The van der Waals surface area contributed by atoms with Crippen molar-refractivity contribution in [3.8, 4) is 0 Å². The molecule has 4 aromatic rings. The second-order valence-electron chi connectivity index (χ2n) is 9.07. The highest BCUT2D eigenvalue weighted by Gasteiger charge is 2.33. The number of nitrogens with zero attached hydrogens (tertiary/aromatic N) is 2. The summed E-state index contributed by atoms with van der Waals surface area (Å²) in [5.41, 5.74) is 5.89. The summed E-state index contributed by atoms with van der Waals surface area (Å²) in [6, 6.07) is 22.7. The smallest absolute Gasteiger partial charge is 0.271 e. The van der Waals surface area contributed by atoms with Crippen LogP contribution in [-0.4, -0.2) is 4.57 Å². The van der Waals surface area contributed by atoms with Gasteiger partial charge in [0.05, 0.1) is 16.3 Å². The van der Waals surface area contributed by atoms with Crippen LogP contribution in [0.15, 0.2) is 99.4 Å². The summed E-state index contributed by atoms with van der Waals surface area (Å²) >= 11 is 20.7. The number of rotatable bonds is 3. The van der Waals surface area contributed by atoms with Crippen molar-refractivity contribution in [1.82, 2.24) is 4.57 Å². The van der Waals surface area contributed by atoms with Gasteiger partial charge < -0.3 is 0 Å². The van der Waals surface area contributed by atoms with E-state index in [0.29, 0.717) is 24.4 Å². The summed E-state index contributed by atoms with van der Waals surface area (Å²) in [5.74, 6) is 0. The number of aromatic nitrogens is 1. The number of allylic oxidation sites excluding steroid dienone is 2. The van der Waals surface area contributed by atoms with Crippen molar-refractivity contribution in [1.29, 1.82) is 0 Å². The lowest BCUT2D eigenvalue weighted by atomic mass is 9.84. The van der Waals surface area contributed by atoms with Gasteiger partial charge in [0.15, 0.2) is 4.80 Å². The zero-order valence-corrected chi connectivity index (χ0v) is 22.7. The molecule has 1 unspecified atom stereocenters. The first-order chi connectivity index (χ1) is 18.0. The third-order valence-electron chi connectivity index (χ3n) is 6.74. The highest BCUT2D eigenvalue weighted by Crippen LogP contribution is 2.42. The maximum absolute atomic E-state index is 13.8. The van der Waals surface area contributed by atoms with Gasteiger partial charge >= 0.3 is 0 Å². The summed E-state index contributed by atoms with van der Waals surface area (Å²) in [5, 5.41) is 1.99. The average molecular weight is 564 g/mol. The largest absolute Gasteiger partial charge is 0.272 e. The van der Waals surface area contributed by atoms with Gasteiger partial charge in [-0.3, -0.25) is 9.36 Å². The van der Waals surface area contributed by atoms with Gasteiger partial charge in [-0.05, 0) is 83.5 Å². The van der Waals surface area contributed by atoms with E-state index < -0.39 is 0 Å². The Labute approximate surface area is 233 Å². The van der Waals surface area contributed by atoms with E-state index in [4.69, 9.17) is 39.8 Å². The molecule has 3 aromatic carbocycles. The molecule has 184 valence electrons. The topological polar surface area (TPSA) is 34.4 Å². The van der Waals surface area contributed by atoms with E-state index in [-0.39, 0.29) is 11.6 Å². The lowest BCUT2D eigenvalue weighted by Gasteiger charge is -2.31. The fourth-order valence-electron chi connectivity index (χ4n) is 5.02. The number of fused-ring (bicyclic) bond motifs is 1. The summed E-state index contributed by atoms with van der Waals surface area (Å²) in [4.78, 5) is 19.6. The fraction of sp³-hybridized carbons (Fsp3) is 0.133. The van der Waals surface area contributed by atoms with Crippen LogP contribution >= 0.6 is 46.1 Å². The number of hydrogen-bond donors (Lipinski definition) is 0. The first-order valence-corrected chi connectivity index (χ1v) is 13.9. The highest BCUT2D eigenvalue weighted by atomic mass is 35.5. The standard InChI is InChI=1S/C30H21Cl3N2OS/c31-21-14-12-18(13-15-21)16-26-29(36)35-28(22-8-2-4-11-25(22)33)23-9-5-7-20(27(23)34-30(35)37-26)17-19-6-1-3-10-24(19)32/h1-4,6,8,10-17,28H,5,7,9H2. The molecule has 2 heterocycles. The second kappa shape index (κ2) is 10.1. The highest BCUT2D eigenvalue weighted by molar-refractivity contribution is 7.07. The Morgan fingerprint density at radius 2 is 1.59 bits per heavy atom. The van der Waals surface area contributed by atoms with Crippen molar-refractivity contribution < 1.29 is 0 Å². The molecule has 2 aliphatic rings. The van der Waals surface area contributed by atoms with Gasteiger partial charge in [-0.25, -0.2) is 4.99 Å². The number of halogens is 3. The maximum Gasteiger partial charge on any atom is 0.271 e. The van der Waals surface area contributed by atoms with E-state index in [9.17, 15) is 4.79 Å². The van der Waals surface area contributed by atoms with Gasteiger partial charge in [0.2, 0.25) is 0 Å². The van der Waals surface area contributed by atoms with Crippen LogP contribution < -0.4 is 14.9 Å². The fourth-order valence-corrected chi connectivity index (χ4v) is 6.58. The van der Waals surface area contributed by atoms with Crippen molar-refractivity contribution in [3.63, 3.8) is 0 Å². The Bertz CT molecular complexity index is 1760. The SMILES string of the molecule is O=c1c(=Cc2ccc(Cl)cc2)sc2n1C(c1ccccc1Cl)C1=C(N=2)C(=Cc2ccccc2Cl)CCC1. The summed E-state index contributed by atoms with van der Waals surface area (Å²) in [6.45, 7) is 0. The molecule has 3 nitrogen and oxygen atoms in total. The van der Waals surface area contributed by atoms with Gasteiger partial charge in [0.1, 0.15) is 0 Å². The molecular formula is C30H21Cl3N2OS. The molecule has 0 N–H and O–H groups in total. The molecule has 1 aromatic heterocycles. The molecule has 1 atom stereocenters. The Hall–Kier alpha value is -2.89. The minimum Gasteiger partial charge on any atom is -0.272 e. The van der Waals surface area contributed by atoms with Crippen molar-refractivity contribution in [2.75, 3.05) is 0 Å². The van der Waals surface area contributed by atoms with Crippen LogP contribution in [0.1, 0.15) is 42.0 Å². The van der Waals surface area contributed by atoms with E-state index in [1.807, 2.05) is 83.4 Å². The molecular weight excluding hydrogens is 543 g/mol. The van der Waals surface area contributed by atoms with Crippen LogP contribution in [-0.2, 0) is 0 Å². The Kier molecular flexibility index (Phi) is 6.68. The first kappa shape index (κ1) is 24.4. The van der Waals surface area contributed by atoms with Crippen LogP contribution in [0.25, 0.3) is 12.2 Å². The molecule has 37 heavy (non-hydrogen) atoms. The van der Waals surface area contributed by atoms with E-state index in [1.54, 1.807) is 0 Å². The Morgan fingerprint density at radius 1 is 0.865 bits per heavy atom. The maximum atomic E-state index is 13.8. The minimum absolute atomic E-state index is 0.0719. The Morgan fingerprint density at radius 3 is 2.35 bits per heavy atom. The van der Waals surface area contributed by atoms with Gasteiger partial charge in [-0.2, -0.15) is 0 Å². The summed E-state index contributed by atoms with van der Waals surface area (Å²) in [6.07, 6.45) is 6.72. The Balaban J connectivity index is 1.60. The molecule has 6 rings (SSSR count). The normalized spacial score (nSPS) is 18.5. The van der Waals surface area contributed by atoms with Gasteiger partial charge in [-0.15, -0.1) is 0 Å². The molecule has 0 saturated carbocycles. The van der Waals surface area contributed by atoms with Crippen LogP contribution in [0, 0.1) is 0 Å². The van der Waals surface area contributed by atoms with Crippen LogP contribution in [0.5, 0.6) is 0 Å². The third kappa shape index (κ3) is 4.64. The van der Waals surface area contributed by atoms with E-state index in [1.165, 1.54) is 11.3 Å². The van der Waals surface area contributed by atoms with E-state index >= 15 is 0 Å². The molecule has 7 heteroatoms. The minimum atomic E-state index is -0.317. The molecule has 0 fully saturated rings. The number of thiazole rings is 1. The lowest BCUT2D eigenvalue weighted by molar-refractivity contribution is 0.553. The number of hydrogen-bond acceptors (Lipinski definition) is 3. The van der Waals surface area contributed by atoms with E-state index in [2.05, 4.69) is 6.08 Å². The van der Waals surface area contributed by atoms with E-state index in [0.717, 1.165) is 52.8 Å². The predicted molar refractivity (Wildman–Crippen MR) is 154 cm³/mol. The van der Waals surface area contributed by atoms with Gasteiger partial charge in [0, 0.05) is 15.1 Å². The molecule has 0 saturated heterocycles. The second-order valence-corrected chi connectivity index (χ2v) is 11.3. The van der Waals surface area contributed by atoms with Crippen molar-refractivity contribution in [3.05, 3.63) is 141 Å². The van der Waals surface area contributed by atoms with Crippen molar-refractivity contribution in [2.45, 2.75) is 25.3 Å². The third-order valence-corrected chi connectivity index (χ3v) is 8.66. The van der Waals surface area contributed by atoms with Crippen LogP contribution in [0.3, 0.4) is 0 Å². The average Bonchev–Trinajstić information content (AvgIpc) is 3.21.